The van der Waals surface area contributed by atoms with Gasteiger partial charge in [-0.15, -0.1) is 11.8 Å². The van der Waals surface area contributed by atoms with Crippen molar-refractivity contribution in [3.63, 3.8) is 0 Å². The molecule has 2 aromatic rings. The predicted octanol–water partition coefficient (Wildman–Crippen LogP) is 5.55. The Hall–Kier alpha value is -1.79. The normalized spacial score (nSPS) is 15.3. The molecule has 0 unspecified atom stereocenters. The molecule has 0 bridgehead atoms. The predicted molar refractivity (Wildman–Crippen MR) is 132 cm³/mol. The molecule has 4 nitrogen and oxygen atoms in total. The van der Waals surface area contributed by atoms with Crippen LogP contribution in [0.15, 0.2) is 59.1 Å². The lowest BCUT2D eigenvalue weighted by Gasteiger charge is -2.31. The van der Waals surface area contributed by atoms with Crippen LogP contribution in [0.4, 0.5) is 0 Å². The number of rotatable bonds is 9. The van der Waals surface area contributed by atoms with Crippen LogP contribution in [0.5, 0.6) is 0 Å². The van der Waals surface area contributed by atoms with Crippen LogP contribution in [-0.4, -0.2) is 34.6 Å². The molecule has 3 rings (SSSR count). The lowest BCUT2D eigenvalue weighted by Crippen LogP contribution is -2.50. The zero-order valence-corrected chi connectivity index (χ0v) is 20.5. The quantitative estimate of drug-likeness (QED) is 0.488. The van der Waals surface area contributed by atoms with E-state index in [1.165, 1.54) is 24.8 Å². The number of nitrogens with zero attached hydrogens (tertiary/aromatic N) is 1. The van der Waals surface area contributed by atoms with E-state index in [0.29, 0.717) is 12.3 Å². The monoisotopic (exact) mass is 502 g/mol. The number of hydrogen-bond donors (Lipinski definition) is 1. The molecular formula is C25H31BrN2O2S. The van der Waals surface area contributed by atoms with Crippen molar-refractivity contribution in [2.24, 2.45) is 0 Å². The number of hydrogen-bond acceptors (Lipinski definition) is 3. The lowest BCUT2D eigenvalue weighted by molar-refractivity contribution is -0.139. The molecule has 166 valence electrons. The van der Waals surface area contributed by atoms with Gasteiger partial charge in [0.1, 0.15) is 6.04 Å². The number of carbonyl (C=O) groups excluding carboxylic acids is 2. The highest BCUT2D eigenvalue weighted by Crippen LogP contribution is 2.20. The van der Waals surface area contributed by atoms with Gasteiger partial charge in [-0.05, 0) is 43.0 Å². The summed E-state index contributed by atoms with van der Waals surface area (Å²) in [5.41, 5.74) is 2.21. The van der Waals surface area contributed by atoms with E-state index in [-0.39, 0.29) is 17.9 Å². The lowest BCUT2D eigenvalue weighted by atomic mass is 9.95. The third kappa shape index (κ3) is 7.69. The molecule has 1 N–H and O–H groups in total. The average molecular weight is 504 g/mol. The van der Waals surface area contributed by atoms with Gasteiger partial charge in [0.15, 0.2) is 0 Å². The van der Waals surface area contributed by atoms with E-state index in [1.54, 1.807) is 16.7 Å². The molecule has 0 spiro atoms. The fourth-order valence-corrected chi connectivity index (χ4v) is 4.99. The van der Waals surface area contributed by atoms with Crippen molar-refractivity contribution in [2.45, 2.75) is 63.4 Å². The number of nitrogens with one attached hydrogen (secondary N) is 1. The van der Waals surface area contributed by atoms with Crippen molar-refractivity contribution in [1.82, 2.24) is 10.2 Å². The molecule has 0 radical (unpaired) electrons. The van der Waals surface area contributed by atoms with Crippen molar-refractivity contribution in [1.29, 1.82) is 0 Å². The standard InChI is InChI=1S/C25H31BrN2O2S/c1-19(25(30)27-23-10-6-3-7-11-23)28(16-20-8-4-2-5-9-20)24(29)18-31-17-21-12-14-22(26)15-13-21/h2,4-5,8-9,12-15,19,23H,3,6-7,10-11,16-18H2,1H3,(H,27,30)/t19-/m0/s1. The van der Waals surface area contributed by atoms with Gasteiger partial charge in [-0.25, -0.2) is 0 Å². The Morgan fingerprint density at radius 3 is 2.39 bits per heavy atom. The topological polar surface area (TPSA) is 49.4 Å². The Morgan fingerprint density at radius 1 is 1.03 bits per heavy atom. The van der Waals surface area contributed by atoms with Gasteiger partial charge in [-0.3, -0.25) is 9.59 Å². The molecule has 0 heterocycles. The van der Waals surface area contributed by atoms with E-state index < -0.39 is 6.04 Å². The van der Waals surface area contributed by atoms with E-state index in [9.17, 15) is 9.59 Å². The summed E-state index contributed by atoms with van der Waals surface area (Å²) in [5, 5.41) is 3.18. The van der Waals surface area contributed by atoms with Gasteiger partial charge in [-0.2, -0.15) is 0 Å². The minimum atomic E-state index is -0.497. The van der Waals surface area contributed by atoms with Gasteiger partial charge < -0.3 is 10.2 Å². The van der Waals surface area contributed by atoms with Gasteiger partial charge in [0.2, 0.25) is 11.8 Å². The number of carbonyl (C=O) groups is 2. The summed E-state index contributed by atoms with van der Waals surface area (Å²) in [4.78, 5) is 27.8. The Labute approximate surface area is 198 Å². The Kier molecular flexibility index (Phi) is 9.47. The molecule has 1 saturated carbocycles. The van der Waals surface area contributed by atoms with Crippen LogP contribution < -0.4 is 5.32 Å². The van der Waals surface area contributed by atoms with Gasteiger partial charge in [0.25, 0.3) is 0 Å². The van der Waals surface area contributed by atoms with E-state index in [0.717, 1.165) is 28.6 Å². The van der Waals surface area contributed by atoms with E-state index in [2.05, 4.69) is 33.4 Å². The van der Waals surface area contributed by atoms with E-state index in [4.69, 9.17) is 0 Å². The molecule has 6 heteroatoms. The molecule has 2 aromatic carbocycles. The van der Waals surface area contributed by atoms with Crippen LogP contribution >= 0.6 is 27.7 Å². The first-order valence-corrected chi connectivity index (χ1v) is 12.9. The highest BCUT2D eigenvalue weighted by molar-refractivity contribution is 9.10. The molecule has 1 atom stereocenters. The number of halogens is 1. The van der Waals surface area contributed by atoms with Crippen LogP contribution in [0, 0.1) is 0 Å². The first-order chi connectivity index (χ1) is 15.0. The zero-order chi connectivity index (χ0) is 22.1. The molecule has 0 aromatic heterocycles. The second kappa shape index (κ2) is 12.3. The number of amides is 2. The smallest absolute Gasteiger partial charge is 0.242 e. The summed E-state index contributed by atoms with van der Waals surface area (Å²) < 4.78 is 1.05. The molecule has 0 saturated heterocycles. The molecule has 0 aliphatic heterocycles. The first kappa shape index (κ1) is 23.9. The molecule has 1 fully saturated rings. The maximum atomic E-state index is 13.1. The van der Waals surface area contributed by atoms with Crippen LogP contribution in [0.1, 0.15) is 50.2 Å². The van der Waals surface area contributed by atoms with Gasteiger partial charge in [0.05, 0.1) is 5.75 Å². The maximum Gasteiger partial charge on any atom is 0.242 e. The summed E-state index contributed by atoms with van der Waals surface area (Å²) >= 11 is 5.03. The van der Waals surface area contributed by atoms with Crippen molar-refractivity contribution < 1.29 is 9.59 Å². The van der Waals surface area contributed by atoms with Crippen LogP contribution in [0.3, 0.4) is 0 Å². The second-order valence-electron chi connectivity index (χ2n) is 8.15. The molecule has 1 aliphatic carbocycles. The summed E-state index contributed by atoms with van der Waals surface area (Å²) in [6.45, 7) is 2.29. The summed E-state index contributed by atoms with van der Waals surface area (Å²) in [7, 11) is 0. The SMILES string of the molecule is C[C@@H](C(=O)NC1CCCCC1)N(Cc1ccccc1)C(=O)CSCc1ccc(Br)cc1. The molecule has 31 heavy (non-hydrogen) atoms. The summed E-state index contributed by atoms with van der Waals surface area (Å²) in [6, 6.07) is 17.8. The Morgan fingerprint density at radius 2 is 1.71 bits per heavy atom. The van der Waals surface area contributed by atoms with E-state index in [1.807, 2.05) is 49.4 Å². The third-order valence-electron chi connectivity index (χ3n) is 5.72. The van der Waals surface area contributed by atoms with Gasteiger partial charge in [-0.1, -0.05) is 77.7 Å². The third-order valence-corrected chi connectivity index (χ3v) is 7.24. The maximum absolute atomic E-state index is 13.1. The van der Waals surface area contributed by atoms with Crippen LogP contribution in [0.25, 0.3) is 0 Å². The van der Waals surface area contributed by atoms with Crippen molar-refractivity contribution >= 4 is 39.5 Å². The highest BCUT2D eigenvalue weighted by atomic mass is 79.9. The average Bonchev–Trinajstić information content (AvgIpc) is 2.79. The van der Waals surface area contributed by atoms with Crippen LogP contribution in [0.2, 0.25) is 0 Å². The van der Waals surface area contributed by atoms with Crippen molar-refractivity contribution in [2.75, 3.05) is 5.75 Å². The van der Waals surface area contributed by atoms with E-state index >= 15 is 0 Å². The fraction of sp³-hybridized carbons (Fsp3) is 0.440. The largest absolute Gasteiger partial charge is 0.352 e. The minimum Gasteiger partial charge on any atom is -0.352 e. The van der Waals surface area contributed by atoms with Crippen molar-refractivity contribution in [3.05, 3.63) is 70.2 Å². The van der Waals surface area contributed by atoms with Gasteiger partial charge in [0, 0.05) is 22.8 Å². The zero-order valence-electron chi connectivity index (χ0n) is 18.1. The second-order valence-corrected chi connectivity index (χ2v) is 10.0. The summed E-state index contributed by atoms with van der Waals surface area (Å²) in [5.74, 6) is 1.07. The van der Waals surface area contributed by atoms with Crippen molar-refractivity contribution in [3.8, 4) is 0 Å². The first-order valence-electron chi connectivity index (χ1n) is 11.0. The van der Waals surface area contributed by atoms with Gasteiger partial charge >= 0.3 is 0 Å². The molecular weight excluding hydrogens is 472 g/mol. The summed E-state index contributed by atoms with van der Waals surface area (Å²) in [6.07, 6.45) is 5.65. The number of thioether (sulfide) groups is 1. The Bertz CT molecular complexity index is 838. The highest BCUT2D eigenvalue weighted by Gasteiger charge is 2.27. The molecule has 2 amide bonds. The minimum absolute atomic E-state index is 0.00254. The molecule has 1 aliphatic rings. The van der Waals surface area contributed by atoms with Crippen LogP contribution in [-0.2, 0) is 21.9 Å². The Balaban J connectivity index is 1.61. The fourth-order valence-electron chi connectivity index (χ4n) is 3.85. The number of benzene rings is 2.